The Morgan fingerprint density at radius 1 is 0.870 bits per heavy atom. The quantitative estimate of drug-likeness (QED) is 0.285. The Bertz CT molecular complexity index is 321. The molecule has 0 rings (SSSR count). The van der Waals surface area contributed by atoms with Crippen molar-refractivity contribution in [3.05, 3.63) is 24.3 Å². The van der Waals surface area contributed by atoms with E-state index >= 15 is 0 Å². The van der Waals surface area contributed by atoms with E-state index in [1.54, 1.807) is 0 Å². The minimum Gasteiger partial charge on any atom is -0.481 e. The van der Waals surface area contributed by atoms with Gasteiger partial charge in [0.1, 0.15) is 0 Å². The van der Waals surface area contributed by atoms with E-state index in [4.69, 9.17) is 5.11 Å². The molecule has 0 aliphatic carbocycles. The lowest BCUT2D eigenvalue weighted by molar-refractivity contribution is -0.136. The van der Waals surface area contributed by atoms with E-state index in [1.807, 2.05) is 12.2 Å². The second kappa shape index (κ2) is 17.3. The van der Waals surface area contributed by atoms with Gasteiger partial charge in [-0.1, -0.05) is 69.8 Å². The average Bonchev–Trinajstić information content (AvgIpc) is 2.52. The van der Waals surface area contributed by atoms with Crippen LogP contribution in [-0.2, 0) is 4.79 Å². The second-order valence-corrected chi connectivity index (χ2v) is 6.24. The first-order chi connectivity index (χ1) is 11.2. The van der Waals surface area contributed by atoms with E-state index in [0.717, 1.165) is 25.7 Å². The van der Waals surface area contributed by atoms with Crippen molar-refractivity contribution in [2.24, 2.45) is 0 Å². The Morgan fingerprint density at radius 2 is 1.48 bits per heavy atom. The molecule has 0 bridgehead atoms. The minimum atomic E-state index is -0.728. The van der Waals surface area contributed by atoms with Crippen LogP contribution in [-0.4, -0.2) is 22.3 Å². The SMILES string of the molecule is CCCCCCC(O)/C=C/CCCCCC/C=C/CCC(=O)O. The summed E-state index contributed by atoms with van der Waals surface area (Å²) in [5, 5.41) is 18.3. The maximum absolute atomic E-state index is 10.3. The highest BCUT2D eigenvalue weighted by Gasteiger charge is 1.98. The Balaban J connectivity index is 3.31. The average molecular weight is 325 g/mol. The molecular weight excluding hydrogens is 288 g/mol. The number of aliphatic hydroxyl groups excluding tert-OH is 1. The third-order valence-corrected chi connectivity index (χ3v) is 3.89. The lowest BCUT2D eigenvalue weighted by atomic mass is 10.1. The fourth-order valence-corrected chi connectivity index (χ4v) is 2.45. The molecule has 0 aromatic heterocycles. The topological polar surface area (TPSA) is 57.5 Å². The fraction of sp³-hybridized carbons (Fsp3) is 0.750. The summed E-state index contributed by atoms with van der Waals surface area (Å²) in [5.74, 6) is -0.728. The number of unbranched alkanes of at least 4 members (excludes halogenated alkanes) is 8. The van der Waals surface area contributed by atoms with Crippen molar-refractivity contribution in [1.82, 2.24) is 0 Å². The van der Waals surface area contributed by atoms with Crippen LogP contribution in [0, 0.1) is 0 Å². The third-order valence-electron chi connectivity index (χ3n) is 3.89. The molecule has 3 nitrogen and oxygen atoms in total. The summed E-state index contributed by atoms with van der Waals surface area (Å²) < 4.78 is 0. The van der Waals surface area contributed by atoms with Crippen molar-refractivity contribution in [1.29, 1.82) is 0 Å². The van der Waals surface area contributed by atoms with Crippen molar-refractivity contribution in [2.75, 3.05) is 0 Å². The minimum absolute atomic E-state index is 0.229. The van der Waals surface area contributed by atoms with Crippen LogP contribution in [0.4, 0.5) is 0 Å². The lowest BCUT2D eigenvalue weighted by Gasteiger charge is -2.04. The van der Waals surface area contributed by atoms with E-state index in [-0.39, 0.29) is 12.5 Å². The number of aliphatic hydroxyl groups is 1. The molecule has 0 radical (unpaired) electrons. The molecule has 0 aromatic rings. The molecule has 0 fully saturated rings. The zero-order chi connectivity index (χ0) is 17.2. The van der Waals surface area contributed by atoms with Crippen LogP contribution in [0.5, 0.6) is 0 Å². The summed E-state index contributed by atoms with van der Waals surface area (Å²) in [4.78, 5) is 10.3. The maximum Gasteiger partial charge on any atom is 0.303 e. The van der Waals surface area contributed by atoms with Gasteiger partial charge in [0.25, 0.3) is 0 Å². The summed E-state index contributed by atoms with van der Waals surface area (Å²) >= 11 is 0. The predicted octanol–water partition coefficient (Wildman–Crippen LogP) is 5.64. The van der Waals surface area contributed by atoms with Crippen molar-refractivity contribution in [3.63, 3.8) is 0 Å². The molecule has 0 spiro atoms. The van der Waals surface area contributed by atoms with Crippen LogP contribution in [0.3, 0.4) is 0 Å². The second-order valence-electron chi connectivity index (χ2n) is 6.24. The van der Waals surface area contributed by atoms with Gasteiger partial charge in [-0.3, -0.25) is 4.79 Å². The summed E-state index contributed by atoms with van der Waals surface area (Å²) in [7, 11) is 0. The molecule has 0 aliphatic heterocycles. The summed E-state index contributed by atoms with van der Waals surface area (Å²) in [5.41, 5.74) is 0. The van der Waals surface area contributed by atoms with Crippen LogP contribution >= 0.6 is 0 Å². The monoisotopic (exact) mass is 324 g/mol. The predicted molar refractivity (Wildman–Crippen MR) is 97.6 cm³/mol. The molecule has 0 aromatic carbocycles. The van der Waals surface area contributed by atoms with Crippen molar-refractivity contribution < 1.29 is 15.0 Å². The highest BCUT2D eigenvalue weighted by Crippen LogP contribution is 2.09. The Hall–Kier alpha value is -1.09. The van der Waals surface area contributed by atoms with E-state index in [9.17, 15) is 9.90 Å². The first-order valence-corrected chi connectivity index (χ1v) is 9.38. The molecule has 0 saturated heterocycles. The number of allylic oxidation sites excluding steroid dienone is 3. The lowest BCUT2D eigenvalue weighted by Crippen LogP contribution is -2.01. The number of hydrogen-bond acceptors (Lipinski definition) is 2. The summed E-state index contributed by atoms with van der Waals surface area (Å²) in [6.07, 6.45) is 21.4. The molecule has 0 heterocycles. The standard InChI is InChI=1S/C20H36O3/c1-2-3-4-13-16-19(21)17-14-11-9-7-5-6-8-10-12-15-18-20(22)23/h10,12,14,17,19,21H,2-9,11,13,15-16,18H2,1H3,(H,22,23)/b12-10+,17-14+. The summed E-state index contributed by atoms with van der Waals surface area (Å²) in [6, 6.07) is 0. The van der Waals surface area contributed by atoms with E-state index in [2.05, 4.69) is 19.1 Å². The van der Waals surface area contributed by atoms with E-state index < -0.39 is 5.97 Å². The molecule has 134 valence electrons. The van der Waals surface area contributed by atoms with Gasteiger partial charge in [0.2, 0.25) is 0 Å². The van der Waals surface area contributed by atoms with Crippen molar-refractivity contribution >= 4 is 5.97 Å². The van der Waals surface area contributed by atoms with Crippen LogP contribution in [0.2, 0.25) is 0 Å². The van der Waals surface area contributed by atoms with Crippen molar-refractivity contribution in [2.45, 2.75) is 96.5 Å². The van der Waals surface area contributed by atoms with Crippen LogP contribution in [0.25, 0.3) is 0 Å². The number of carboxylic acids is 1. The van der Waals surface area contributed by atoms with Gasteiger partial charge in [-0.05, 0) is 38.5 Å². The number of aliphatic carboxylic acids is 1. The van der Waals surface area contributed by atoms with E-state index in [0.29, 0.717) is 6.42 Å². The van der Waals surface area contributed by atoms with Gasteiger partial charge >= 0.3 is 5.97 Å². The highest BCUT2D eigenvalue weighted by molar-refractivity contribution is 5.66. The van der Waals surface area contributed by atoms with E-state index in [1.165, 1.54) is 44.9 Å². The van der Waals surface area contributed by atoms with Crippen LogP contribution in [0.15, 0.2) is 24.3 Å². The zero-order valence-corrected chi connectivity index (χ0v) is 14.9. The molecule has 0 amide bonds. The molecule has 1 atom stereocenters. The molecule has 0 saturated carbocycles. The smallest absolute Gasteiger partial charge is 0.303 e. The molecule has 23 heavy (non-hydrogen) atoms. The van der Waals surface area contributed by atoms with Gasteiger partial charge in [0, 0.05) is 6.42 Å². The zero-order valence-electron chi connectivity index (χ0n) is 14.9. The van der Waals surface area contributed by atoms with Gasteiger partial charge in [-0.2, -0.15) is 0 Å². The van der Waals surface area contributed by atoms with Crippen LogP contribution in [0.1, 0.15) is 90.4 Å². The number of carbonyl (C=O) groups is 1. The van der Waals surface area contributed by atoms with Gasteiger partial charge in [0.05, 0.1) is 6.10 Å². The Morgan fingerprint density at radius 3 is 2.13 bits per heavy atom. The van der Waals surface area contributed by atoms with Gasteiger partial charge in [-0.25, -0.2) is 0 Å². The summed E-state index contributed by atoms with van der Waals surface area (Å²) in [6.45, 7) is 2.20. The van der Waals surface area contributed by atoms with Gasteiger partial charge in [0.15, 0.2) is 0 Å². The molecule has 1 unspecified atom stereocenters. The number of carboxylic acid groups (broad SMARTS) is 1. The van der Waals surface area contributed by atoms with Crippen LogP contribution < -0.4 is 0 Å². The first-order valence-electron chi connectivity index (χ1n) is 9.38. The first kappa shape index (κ1) is 21.9. The fourth-order valence-electron chi connectivity index (χ4n) is 2.45. The number of hydrogen-bond donors (Lipinski definition) is 2. The third kappa shape index (κ3) is 18.9. The highest BCUT2D eigenvalue weighted by atomic mass is 16.4. The van der Waals surface area contributed by atoms with Crippen molar-refractivity contribution in [3.8, 4) is 0 Å². The Labute approximate surface area is 142 Å². The normalized spacial score (nSPS) is 13.1. The largest absolute Gasteiger partial charge is 0.481 e. The number of rotatable bonds is 16. The van der Waals surface area contributed by atoms with Gasteiger partial charge < -0.3 is 10.2 Å². The molecular formula is C20H36O3. The molecule has 0 aliphatic rings. The molecule has 3 heteroatoms. The maximum atomic E-state index is 10.3. The Kier molecular flexibility index (Phi) is 16.4. The van der Waals surface area contributed by atoms with Gasteiger partial charge in [-0.15, -0.1) is 0 Å². The molecule has 2 N–H and O–H groups in total.